The Kier molecular flexibility index (Phi) is 5.48. The van der Waals surface area contributed by atoms with Crippen LogP contribution in [-0.2, 0) is 4.79 Å². The Balaban J connectivity index is 1.45. The van der Waals surface area contributed by atoms with Gasteiger partial charge >= 0.3 is 0 Å². The van der Waals surface area contributed by atoms with Gasteiger partial charge in [0.25, 0.3) is 0 Å². The highest BCUT2D eigenvalue weighted by molar-refractivity contribution is 7.99. The van der Waals surface area contributed by atoms with Crippen LogP contribution < -0.4 is 5.32 Å². The fraction of sp³-hybridized carbons (Fsp3) is 0.550. The zero-order valence-electron chi connectivity index (χ0n) is 15.5. The largest absolute Gasteiger partial charge is 0.352 e. The van der Waals surface area contributed by atoms with Gasteiger partial charge in [0.2, 0.25) is 5.91 Å². The van der Waals surface area contributed by atoms with Gasteiger partial charge in [0.1, 0.15) is 5.82 Å². The topological polar surface area (TPSA) is 59.8 Å². The average Bonchev–Trinajstić information content (AvgIpc) is 3.42. The number of thioether (sulfide) groups is 1. The lowest BCUT2D eigenvalue weighted by Gasteiger charge is -2.29. The SMILES string of the molecule is C[C@H]1CCCC[C@H]1NC(=O)CSc1nnc(-c2ccccc2F)n1C1CC1. The molecule has 0 saturated heterocycles. The number of nitrogens with zero attached hydrogens (tertiary/aromatic N) is 3. The maximum Gasteiger partial charge on any atom is 0.230 e. The minimum Gasteiger partial charge on any atom is -0.352 e. The Bertz CT molecular complexity index is 820. The van der Waals surface area contributed by atoms with Crippen LogP contribution in [0.5, 0.6) is 0 Å². The third-order valence-corrected chi connectivity index (χ3v) is 6.42. The summed E-state index contributed by atoms with van der Waals surface area (Å²) >= 11 is 1.39. The first-order valence-corrected chi connectivity index (χ1v) is 10.7. The quantitative estimate of drug-likeness (QED) is 0.753. The maximum absolute atomic E-state index is 14.2. The van der Waals surface area contributed by atoms with E-state index in [1.54, 1.807) is 18.2 Å². The van der Waals surface area contributed by atoms with Crippen LogP contribution in [0.1, 0.15) is 51.5 Å². The first-order valence-electron chi connectivity index (χ1n) is 9.75. The van der Waals surface area contributed by atoms with Gasteiger partial charge < -0.3 is 5.32 Å². The Hall–Kier alpha value is -1.89. The lowest BCUT2D eigenvalue weighted by atomic mass is 9.86. The summed E-state index contributed by atoms with van der Waals surface area (Å²) < 4.78 is 16.2. The number of benzene rings is 1. The van der Waals surface area contributed by atoms with E-state index in [1.807, 2.05) is 4.57 Å². The summed E-state index contributed by atoms with van der Waals surface area (Å²) in [5, 5.41) is 12.4. The van der Waals surface area contributed by atoms with Crippen LogP contribution >= 0.6 is 11.8 Å². The van der Waals surface area contributed by atoms with Gasteiger partial charge in [-0.2, -0.15) is 0 Å². The monoisotopic (exact) mass is 388 g/mol. The fourth-order valence-corrected chi connectivity index (χ4v) is 4.59. The van der Waals surface area contributed by atoms with Crippen molar-refractivity contribution in [3.05, 3.63) is 30.1 Å². The molecule has 1 aromatic carbocycles. The number of aromatic nitrogens is 3. The highest BCUT2D eigenvalue weighted by atomic mass is 32.2. The molecule has 0 aliphatic heterocycles. The molecular formula is C20H25FN4OS. The molecule has 144 valence electrons. The van der Waals surface area contributed by atoms with E-state index in [2.05, 4.69) is 22.4 Å². The summed E-state index contributed by atoms with van der Waals surface area (Å²) in [6.07, 6.45) is 6.76. The Morgan fingerprint density at radius 3 is 2.74 bits per heavy atom. The first kappa shape index (κ1) is 18.5. The van der Waals surface area contributed by atoms with Crippen LogP contribution in [0.2, 0.25) is 0 Å². The molecule has 1 N–H and O–H groups in total. The van der Waals surface area contributed by atoms with E-state index < -0.39 is 0 Å². The van der Waals surface area contributed by atoms with Crippen molar-refractivity contribution in [1.29, 1.82) is 0 Å². The summed E-state index contributed by atoms with van der Waals surface area (Å²) in [7, 11) is 0. The van der Waals surface area contributed by atoms with Gasteiger partial charge in [0.05, 0.1) is 11.3 Å². The molecule has 2 saturated carbocycles. The van der Waals surface area contributed by atoms with Crippen molar-refractivity contribution in [2.75, 3.05) is 5.75 Å². The predicted molar refractivity (Wildman–Crippen MR) is 104 cm³/mol. The molecule has 27 heavy (non-hydrogen) atoms. The molecule has 5 nitrogen and oxygen atoms in total. The molecule has 2 fully saturated rings. The normalized spacial score (nSPS) is 22.6. The molecule has 1 aromatic heterocycles. The zero-order valence-corrected chi connectivity index (χ0v) is 16.3. The standard InChI is InChI=1S/C20H25FN4OS/c1-13-6-2-5-9-17(13)22-18(26)12-27-20-24-23-19(25(20)14-10-11-14)15-7-3-4-8-16(15)21/h3-4,7-8,13-14,17H,2,5-6,9-12H2,1H3,(H,22,26)/t13-,17+/m0/s1. The second-order valence-electron chi connectivity index (χ2n) is 7.61. The van der Waals surface area contributed by atoms with E-state index in [4.69, 9.17) is 0 Å². The summed E-state index contributed by atoms with van der Waals surface area (Å²) in [6.45, 7) is 2.21. The van der Waals surface area contributed by atoms with Gasteiger partial charge in [0, 0.05) is 12.1 Å². The van der Waals surface area contributed by atoms with Gasteiger partial charge in [-0.3, -0.25) is 9.36 Å². The number of carbonyl (C=O) groups is 1. The van der Waals surface area contributed by atoms with E-state index in [9.17, 15) is 9.18 Å². The third kappa shape index (κ3) is 4.18. The molecule has 1 heterocycles. The molecular weight excluding hydrogens is 363 g/mol. The first-order chi connectivity index (χ1) is 13.1. The van der Waals surface area contributed by atoms with Crippen molar-refractivity contribution in [2.45, 2.75) is 62.7 Å². The van der Waals surface area contributed by atoms with Gasteiger partial charge in [0.15, 0.2) is 11.0 Å². The average molecular weight is 389 g/mol. The molecule has 0 bridgehead atoms. The van der Waals surface area contributed by atoms with E-state index in [0.717, 1.165) is 19.3 Å². The van der Waals surface area contributed by atoms with Crippen LogP contribution in [-0.4, -0.2) is 32.5 Å². The summed E-state index contributed by atoms with van der Waals surface area (Å²) in [5.74, 6) is 1.14. The Labute approximate surface area is 163 Å². The van der Waals surface area contributed by atoms with Gasteiger partial charge in [-0.15, -0.1) is 10.2 Å². The summed E-state index contributed by atoms with van der Waals surface area (Å²) in [5.41, 5.74) is 0.462. The lowest BCUT2D eigenvalue weighted by Crippen LogP contribution is -2.41. The second-order valence-corrected chi connectivity index (χ2v) is 8.55. The molecule has 0 unspecified atom stereocenters. The number of hydrogen-bond acceptors (Lipinski definition) is 4. The number of carbonyl (C=O) groups excluding carboxylic acids is 1. The van der Waals surface area contributed by atoms with Crippen LogP contribution in [0.25, 0.3) is 11.4 Å². The number of amides is 1. The second kappa shape index (κ2) is 8.00. The Morgan fingerprint density at radius 1 is 1.22 bits per heavy atom. The molecule has 0 spiro atoms. The molecule has 4 rings (SSSR count). The van der Waals surface area contributed by atoms with Crippen LogP contribution in [0.4, 0.5) is 4.39 Å². The number of halogens is 1. The highest BCUT2D eigenvalue weighted by Gasteiger charge is 2.31. The van der Waals surface area contributed by atoms with Crippen LogP contribution in [0.3, 0.4) is 0 Å². The zero-order chi connectivity index (χ0) is 18.8. The minimum atomic E-state index is -0.299. The van der Waals surface area contributed by atoms with Crippen molar-refractivity contribution in [2.24, 2.45) is 5.92 Å². The van der Waals surface area contributed by atoms with Crippen molar-refractivity contribution in [3.8, 4) is 11.4 Å². The van der Waals surface area contributed by atoms with Gasteiger partial charge in [-0.25, -0.2) is 4.39 Å². The van der Waals surface area contributed by atoms with E-state index >= 15 is 0 Å². The Morgan fingerprint density at radius 2 is 2.00 bits per heavy atom. The van der Waals surface area contributed by atoms with E-state index in [0.29, 0.717) is 34.3 Å². The number of nitrogens with one attached hydrogen (secondary N) is 1. The maximum atomic E-state index is 14.2. The molecule has 0 radical (unpaired) electrons. The third-order valence-electron chi connectivity index (χ3n) is 5.48. The van der Waals surface area contributed by atoms with Gasteiger partial charge in [-0.05, 0) is 43.7 Å². The van der Waals surface area contributed by atoms with Crippen LogP contribution in [0, 0.1) is 11.7 Å². The van der Waals surface area contributed by atoms with E-state index in [-0.39, 0.29) is 17.8 Å². The fourth-order valence-electron chi connectivity index (χ4n) is 3.77. The van der Waals surface area contributed by atoms with Gasteiger partial charge in [-0.1, -0.05) is 43.7 Å². The van der Waals surface area contributed by atoms with Crippen molar-refractivity contribution in [3.63, 3.8) is 0 Å². The molecule has 2 aliphatic rings. The molecule has 1 amide bonds. The smallest absolute Gasteiger partial charge is 0.230 e. The minimum absolute atomic E-state index is 0.0385. The molecule has 2 aromatic rings. The van der Waals surface area contributed by atoms with Crippen molar-refractivity contribution in [1.82, 2.24) is 20.1 Å². The molecule has 2 aliphatic carbocycles. The molecule has 2 atom stereocenters. The summed E-state index contributed by atoms with van der Waals surface area (Å²) in [4.78, 5) is 12.4. The van der Waals surface area contributed by atoms with Crippen molar-refractivity contribution < 1.29 is 9.18 Å². The highest BCUT2D eigenvalue weighted by Crippen LogP contribution is 2.41. The molecule has 7 heteroatoms. The van der Waals surface area contributed by atoms with Crippen molar-refractivity contribution >= 4 is 17.7 Å². The predicted octanol–water partition coefficient (Wildman–Crippen LogP) is 4.21. The van der Waals surface area contributed by atoms with Crippen LogP contribution in [0.15, 0.2) is 29.4 Å². The van der Waals surface area contributed by atoms with E-state index in [1.165, 1.54) is 37.1 Å². The number of rotatable bonds is 6. The number of hydrogen-bond donors (Lipinski definition) is 1. The summed E-state index contributed by atoms with van der Waals surface area (Å²) in [6, 6.07) is 7.22. The lowest BCUT2D eigenvalue weighted by molar-refractivity contribution is -0.119.